The molecule has 0 fully saturated rings. The maximum Gasteiger partial charge on any atom is 0.227 e. The highest BCUT2D eigenvalue weighted by Gasteiger charge is 2.19. The molecule has 160 valence electrons. The normalized spacial score (nSPS) is 12.7. The van der Waals surface area contributed by atoms with Gasteiger partial charge in [0, 0.05) is 35.6 Å². The largest absolute Gasteiger partial charge is 0.349 e. The topological polar surface area (TPSA) is 66.0 Å². The number of fused-ring (bicyclic) bond motifs is 3. The second-order valence-electron chi connectivity index (χ2n) is 8.14. The van der Waals surface area contributed by atoms with Gasteiger partial charge in [0.05, 0.1) is 22.6 Å². The molecule has 0 radical (unpaired) electrons. The Morgan fingerprint density at radius 2 is 2.00 bits per heavy atom. The fraction of sp³-hybridized carbons (Fsp3) is 0.333. The van der Waals surface area contributed by atoms with Crippen molar-refractivity contribution in [1.82, 2.24) is 19.9 Å². The molecule has 0 saturated carbocycles. The van der Waals surface area contributed by atoms with Crippen LogP contribution < -0.4 is 10.6 Å². The zero-order valence-electron chi connectivity index (χ0n) is 18.3. The predicted molar refractivity (Wildman–Crippen MR) is 131 cm³/mol. The average molecular weight is 433 g/mol. The lowest BCUT2D eigenvalue weighted by Gasteiger charge is -2.12. The Kier molecular flexibility index (Phi) is 6.53. The van der Waals surface area contributed by atoms with E-state index in [1.807, 2.05) is 18.6 Å². The van der Waals surface area contributed by atoms with Gasteiger partial charge in [0.1, 0.15) is 0 Å². The summed E-state index contributed by atoms with van der Waals surface area (Å²) in [5.74, 6) is 0.560. The molecule has 4 rings (SSSR count). The molecule has 0 amide bonds. The van der Waals surface area contributed by atoms with Crippen LogP contribution >= 0.6 is 12.2 Å². The molecule has 7 heteroatoms. The lowest BCUT2D eigenvalue weighted by atomic mass is 10.0. The van der Waals surface area contributed by atoms with Gasteiger partial charge in [0.2, 0.25) is 5.95 Å². The molecule has 0 aliphatic carbocycles. The van der Waals surface area contributed by atoms with Crippen LogP contribution in [0.15, 0.2) is 42.9 Å². The number of pyridine rings is 1. The van der Waals surface area contributed by atoms with Crippen LogP contribution in [-0.2, 0) is 19.3 Å². The summed E-state index contributed by atoms with van der Waals surface area (Å²) in [5.41, 5.74) is 7.37. The first-order valence-electron chi connectivity index (χ1n) is 10.7. The van der Waals surface area contributed by atoms with E-state index < -0.39 is 0 Å². The Morgan fingerprint density at radius 1 is 1.13 bits per heavy atom. The van der Waals surface area contributed by atoms with Gasteiger partial charge in [-0.3, -0.25) is 4.98 Å². The van der Waals surface area contributed by atoms with E-state index >= 15 is 0 Å². The minimum atomic E-state index is 0.560. The smallest absolute Gasteiger partial charge is 0.227 e. The molecule has 1 aromatic carbocycles. The summed E-state index contributed by atoms with van der Waals surface area (Å²) >= 11 is 5.53. The zero-order valence-corrected chi connectivity index (χ0v) is 19.1. The Bertz CT molecular complexity index is 1100. The van der Waals surface area contributed by atoms with Crippen molar-refractivity contribution in [2.75, 3.05) is 31.3 Å². The number of nitrogens with one attached hydrogen (secondary N) is 2. The van der Waals surface area contributed by atoms with Crippen molar-refractivity contribution in [1.29, 1.82) is 0 Å². The summed E-state index contributed by atoms with van der Waals surface area (Å²) in [4.78, 5) is 16.8. The molecular weight excluding hydrogens is 404 g/mol. The molecule has 1 aliphatic heterocycles. The second-order valence-corrected chi connectivity index (χ2v) is 8.63. The molecule has 0 bridgehead atoms. The van der Waals surface area contributed by atoms with E-state index in [0.717, 1.165) is 59.0 Å². The first-order valence-corrected chi connectivity index (χ1v) is 11.1. The fourth-order valence-corrected chi connectivity index (χ4v) is 4.00. The van der Waals surface area contributed by atoms with Crippen LogP contribution in [0.2, 0.25) is 0 Å². The van der Waals surface area contributed by atoms with Gasteiger partial charge < -0.3 is 15.5 Å². The van der Waals surface area contributed by atoms with Crippen molar-refractivity contribution >= 4 is 34.5 Å². The monoisotopic (exact) mass is 432 g/mol. The Morgan fingerprint density at radius 3 is 2.81 bits per heavy atom. The highest BCUT2D eigenvalue weighted by atomic mass is 32.1. The predicted octanol–water partition coefficient (Wildman–Crippen LogP) is 4.63. The minimum Gasteiger partial charge on any atom is -0.349 e. The van der Waals surface area contributed by atoms with Gasteiger partial charge in [-0.2, -0.15) is 0 Å². The van der Waals surface area contributed by atoms with Gasteiger partial charge in [-0.05, 0) is 63.2 Å². The van der Waals surface area contributed by atoms with Gasteiger partial charge in [-0.1, -0.05) is 31.3 Å². The third kappa shape index (κ3) is 5.24. The minimum absolute atomic E-state index is 0.560. The molecule has 6 nitrogen and oxygen atoms in total. The molecule has 31 heavy (non-hydrogen) atoms. The molecule has 0 atom stereocenters. The summed E-state index contributed by atoms with van der Waals surface area (Å²) in [5, 5.41) is 6.71. The van der Waals surface area contributed by atoms with Gasteiger partial charge >= 0.3 is 0 Å². The van der Waals surface area contributed by atoms with E-state index in [4.69, 9.17) is 17.2 Å². The van der Waals surface area contributed by atoms with Crippen LogP contribution in [0.25, 0.3) is 11.3 Å². The first-order chi connectivity index (χ1) is 15.0. The van der Waals surface area contributed by atoms with Crippen molar-refractivity contribution in [3.05, 3.63) is 59.5 Å². The van der Waals surface area contributed by atoms with Crippen molar-refractivity contribution in [3.63, 3.8) is 0 Å². The number of rotatable bonds is 7. The quantitative estimate of drug-likeness (QED) is 0.528. The number of aryl methyl sites for hydroxylation is 2. The van der Waals surface area contributed by atoms with Crippen LogP contribution in [-0.4, -0.2) is 45.5 Å². The standard InChI is InChI=1S/C24H28N6S/c1-4-16-7-8-20-21(11-16)28-22(31)12-18-14-26-24(29-23(18)20)27-19-10-17(13-25-15-19)6-5-9-30(2)3/h7-8,10-11,13-15H,4-6,9,12H2,1-3H3,(H,28,31)(H,26,27,29). The maximum absolute atomic E-state index is 5.53. The number of nitrogens with zero attached hydrogens (tertiary/aromatic N) is 4. The third-order valence-electron chi connectivity index (χ3n) is 5.36. The van der Waals surface area contributed by atoms with Crippen LogP contribution in [0.4, 0.5) is 17.3 Å². The lowest BCUT2D eigenvalue weighted by molar-refractivity contribution is 0.400. The van der Waals surface area contributed by atoms with E-state index in [9.17, 15) is 0 Å². The Labute approximate surface area is 189 Å². The summed E-state index contributed by atoms with van der Waals surface area (Å²) < 4.78 is 0. The van der Waals surface area contributed by atoms with Crippen LogP contribution in [0.3, 0.4) is 0 Å². The average Bonchev–Trinajstić information content (AvgIpc) is 2.88. The second kappa shape index (κ2) is 9.49. The molecule has 2 N–H and O–H groups in total. The highest BCUT2D eigenvalue weighted by Crippen LogP contribution is 2.34. The number of hydrogen-bond acceptors (Lipinski definition) is 6. The van der Waals surface area contributed by atoms with E-state index in [1.165, 1.54) is 11.1 Å². The first kappa shape index (κ1) is 21.3. The highest BCUT2D eigenvalue weighted by molar-refractivity contribution is 7.80. The van der Waals surface area contributed by atoms with Gasteiger partial charge in [0.15, 0.2) is 0 Å². The van der Waals surface area contributed by atoms with Crippen molar-refractivity contribution in [3.8, 4) is 11.3 Å². The number of thiocarbonyl (C=S) groups is 1. The van der Waals surface area contributed by atoms with E-state index in [0.29, 0.717) is 12.4 Å². The van der Waals surface area contributed by atoms with Crippen LogP contribution in [0.5, 0.6) is 0 Å². The number of hydrogen-bond donors (Lipinski definition) is 2. The molecule has 0 spiro atoms. The Hall–Kier alpha value is -2.90. The zero-order chi connectivity index (χ0) is 21.8. The van der Waals surface area contributed by atoms with Gasteiger partial charge in [-0.15, -0.1) is 0 Å². The number of benzene rings is 1. The maximum atomic E-state index is 5.53. The summed E-state index contributed by atoms with van der Waals surface area (Å²) in [6.07, 6.45) is 9.29. The van der Waals surface area contributed by atoms with Gasteiger partial charge in [0.25, 0.3) is 0 Å². The molecule has 3 aromatic rings. The summed E-state index contributed by atoms with van der Waals surface area (Å²) in [6, 6.07) is 8.55. The molecule has 0 saturated heterocycles. The lowest BCUT2D eigenvalue weighted by Crippen LogP contribution is -2.13. The van der Waals surface area contributed by atoms with Crippen molar-refractivity contribution in [2.45, 2.75) is 32.6 Å². The molecule has 3 heterocycles. The Balaban J connectivity index is 1.60. The number of aromatic nitrogens is 3. The number of anilines is 3. The molecule has 1 aliphatic rings. The van der Waals surface area contributed by atoms with E-state index in [1.54, 1.807) is 0 Å². The van der Waals surface area contributed by atoms with Crippen LogP contribution in [0.1, 0.15) is 30.0 Å². The van der Waals surface area contributed by atoms with Gasteiger partial charge in [-0.25, -0.2) is 9.97 Å². The summed E-state index contributed by atoms with van der Waals surface area (Å²) in [6.45, 7) is 3.21. The van der Waals surface area contributed by atoms with E-state index in [2.05, 4.69) is 70.8 Å². The molecule has 2 aromatic heterocycles. The van der Waals surface area contributed by atoms with E-state index in [-0.39, 0.29) is 0 Å². The SMILES string of the molecule is CCc1ccc2c(c1)NC(=S)Cc1cnc(Nc3cncc(CCCN(C)C)c3)nc1-2. The molecular formula is C24H28N6S. The fourth-order valence-electron chi connectivity index (χ4n) is 3.74. The molecule has 0 unspecified atom stereocenters. The summed E-state index contributed by atoms with van der Waals surface area (Å²) in [7, 11) is 4.19. The van der Waals surface area contributed by atoms with Crippen molar-refractivity contribution in [2.24, 2.45) is 0 Å². The van der Waals surface area contributed by atoms with Crippen LogP contribution in [0, 0.1) is 0 Å². The third-order valence-corrected chi connectivity index (χ3v) is 5.61. The van der Waals surface area contributed by atoms with Crippen molar-refractivity contribution < 1.29 is 0 Å².